The van der Waals surface area contributed by atoms with E-state index in [1.807, 2.05) is 36.4 Å². The number of rotatable bonds is 10. The molecule has 4 aromatic carbocycles. The summed E-state index contributed by atoms with van der Waals surface area (Å²) in [6.07, 6.45) is 1.71. The standard InChI is InChI=1S/C37H28FIN2O7S/c1-3-47-36(45)30-31(23-9-5-4-6-10-23)40-37-41(32(30)24-12-14-26(38)15-13-24)34(42)29(49-37)19-22-17-27(39)33(28(18-22)46-2)48-20-21-8-7-11-25(16-21)35(43)44/h4-19,32H,3,20H2,1-2H3,(H,43,44)/b29-19-/t32-/m1/s1. The van der Waals surface area contributed by atoms with Gasteiger partial charge in [0.15, 0.2) is 16.3 Å². The number of ether oxygens (including phenoxy) is 3. The van der Waals surface area contributed by atoms with Gasteiger partial charge in [-0.25, -0.2) is 19.0 Å². The number of carboxylic acids is 1. The van der Waals surface area contributed by atoms with E-state index >= 15 is 0 Å². The second-order valence-corrected chi connectivity index (χ2v) is 13.0. The normalized spacial score (nSPS) is 14.2. The number of carboxylic acid groups (broad SMARTS) is 1. The average molecular weight is 791 g/mol. The van der Waals surface area contributed by atoms with Gasteiger partial charge in [-0.05, 0) is 88.7 Å². The van der Waals surface area contributed by atoms with Gasteiger partial charge in [0.25, 0.3) is 5.56 Å². The van der Waals surface area contributed by atoms with Crippen LogP contribution in [0.1, 0.15) is 45.6 Å². The Morgan fingerprint density at radius 1 is 1.04 bits per heavy atom. The van der Waals surface area contributed by atoms with Crippen LogP contribution in [-0.4, -0.2) is 35.3 Å². The van der Waals surface area contributed by atoms with Gasteiger partial charge < -0.3 is 19.3 Å². The van der Waals surface area contributed by atoms with E-state index in [9.17, 15) is 23.9 Å². The molecule has 0 fully saturated rings. The molecular formula is C37H28FIN2O7S. The van der Waals surface area contributed by atoms with Crippen LogP contribution in [0.25, 0.3) is 11.8 Å². The smallest absolute Gasteiger partial charge is 0.338 e. The number of fused-ring (bicyclic) bond motifs is 1. The van der Waals surface area contributed by atoms with Gasteiger partial charge in [-0.1, -0.05) is 65.9 Å². The first-order valence-corrected chi connectivity index (χ1v) is 16.9. The van der Waals surface area contributed by atoms with Gasteiger partial charge in [0.1, 0.15) is 12.4 Å². The molecule has 9 nitrogen and oxygen atoms in total. The summed E-state index contributed by atoms with van der Waals surface area (Å²) in [5.74, 6) is -1.23. The number of nitrogens with zero attached hydrogens (tertiary/aromatic N) is 2. The lowest BCUT2D eigenvalue weighted by molar-refractivity contribution is -0.138. The molecule has 0 saturated heterocycles. The van der Waals surface area contributed by atoms with Gasteiger partial charge in [0.05, 0.1) is 44.7 Å². The van der Waals surface area contributed by atoms with E-state index in [1.165, 1.54) is 29.9 Å². The summed E-state index contributed by atoms with van der Waals surface area (Å²) in [6.45, 7) is 1.92. The molecule has 248 valence electrons. The average Bonchev–Trinajstić information content (AvgIpc) is 3.41. The van der Waals surface area contributed by atoms with Crippen molar-refractivity contribution in [2.75, 3.05) is 13.7 Å². The molecule has 0 bridgehead atoms. The number of aromatic carboxylic acids is 1. The van der Waals surface area contributed by atoms with Crippen molar-refractivity contribution in [3.63, 3.8) is 0 Å². The Morgan fingerprint density at radius 2 is 1.80 bits per heavy atom. The van der Waals surface area contributed by atoms with Crippen LogP contribution in [-0.2, 0) is 16.1 Å². The van der Waals surface area contributed by atoms with Crippen LogP contribution in [0.2, 0.25) is 0 Å². The maximum atomic E-state index is 14.2. The Labute approximate surface area is 297 Å². The predicted octanol–water partition coefficient (Wildman–Crippen LogP) is 5.97. The molecule has 0 unspecified atom stereocenters. The van der Waals surface area contributed by atoms with Crippen LogP contribution >= 0.6 is 33.9 Å². The first-order chi connectivity index (χ1) is 23.7. The Balaban J connectivity index is 1.46. The zero-order chi connectivity index (χ0) is 34.7. The van der Waals surface area contributed by atoms with Gasteiger partial charge in [-0.3, -0.25) is 9.36 Å². The molecule has 0 saturated carbocycles. The maximum absolute atomic E-state index is 14.2. The van der Waals surface area contributed by atoms with Crippen molar-refractivity contribution in [3.05, 3.63) is 153 Å². The molecule has 6 rings (SSSR count). The molecule has 1 aliphatic heterocycles. The van der Waals surface area contributed by atoms with Crippen molar-refractivity contribution < 1.29 is 33.3 Å². The fourth-order valence-corrected chi connectivity index (χ4v) is 7.25. The molecule has 5 aromatic rings. The second-order valence-electron chi connectivity index (χ2n) is 10.8. The fourth-order valence-electron chi connectivity index (χ4n) is 5.47. The van der Waals surface area contributed by atoms with E-state index < -0.39 is 23.8 Å². The molecule has 49 heavy (non-hydrogen) atoms. The molecule has 1 atom stereocenters. The zero-order valence-electron chi connectivity index (χ0n) is 26.2. The summed E-state index contributed by atoms with van der Waals surface area (Å²) < 4.78 is 33.7. The lowest BCUT2D eigenvalue weighted by Crippen LogP contribution is -2.40. The number of methoxy groups -OCH3 is 1. The third-order valence-electron chi connectivity index (χ3n) is 7.67. The third kappa shape index (κ3) is 7.06. The van der Waals surface area contributed by atoms with Crippen molar-refractivity contribution >= 4 is 57.6 Å². The van der Waals surface area contributed by atoms with Crippen molar-refractivity contribution in [1.29, 1.82) is 0 Å². The molecule has 2 heterocycles. The number of hydrogen-bond acceptors (Lipinski definition) is 8. The molecule has 0 aliphatic carbocycles. The minimum atomic E-state index is -1.03. The molecule has 0 radical (unpaired) electrons. The van der Waals surface area contributed by atoms with Crippen molar-refractivity contribution in [2.24, 2.45) is 4.99 Å². The summed E-state index contributed by atoms with van der Waals surface area (Å²) in [4.78, 5) is 44.4. The van der Waals surface area contributed by atoms with Gasteiger partial charge in [0.2, 0.25) is 0 Å². The van der Waals surface area contributed by atoms with E-state index in [0.29, 0.717) is 52.4 Å². The van der Waals surface area contributed by atoms with Crippen LogP contribution in [0.15, 0.2) is 106 Å². The first kappa shape index (κ1) is 33.8. The Bertz CT molecular complexity index is 2280. The summed E-state index contributed by atoms with van der Waals surface area (Å²) in [5, 5.41) is 9.32. The largest absolute Gasteiger partial charge is 0.493 e. The number of hydrogen-bond donors (Lipinski definition) is 1. The molecule has 1 aliphatic rings. The molecule has 0 spiro atoms. The van der Waals surface area contributed by atoms with E-state index in [4.69, 9.17) is 19.2 Å². The third-order valence-corrected chi connectivity index (χ3v) is 9.45. The second kappa shape index (κ2) is 14.6. The van der Waals surface area contributed by atoms with Gasteiger partial charge >= 0.3 is 11.9 Å². The van der Waals surface area contributed by atoms with E-state index in [2.05, 4.69) is 22.6 Å². The number of esters is 1. The van der Waals surface area contributed by atoms with Crippen molar-refractivity contribution in [3.8, 4) is 11.5 Å². The van der Waals surface area contributed by atoms with Crippen molar-refractivity contribution in [1.82, 2.24) is 4.57 Å². The highest BCUT2D eigenvalue weighted by atomic mass is 127. The Hall–Kier alpha value is -5.08. The van der Waals surface area contributed by atoms with Crippen LogP contribution in [0, 0.1) is 9.39 Å². The lowest BCUT2D eigenvalue weighted by atomic mass is 9.93. The summed E-state index contributed by atoms with van der Waals surface area (Å²) in [6, 6.07) is 24.0. The summed E-state index contributed by atoms with van der Waals surface area (Å²) >= 11 is 3.28. The van der Waals surface area contributed by atoms with Gasteiger partial charge in [0, 0.05) is 5.56 Å². The van der Waals surface area contributed by atoms with Crippen LogP contribution in [0.3, 0.4) is 0 Å². The lowest BCUT2D eigenvalue weighted by Gasteiger charge is -2.25. The van der Waals surface area contributed by atoms with E-state index in [1.54, 1.807) is 49.4 Å². The Morgan fingerprint density at radius 3 is 2.49 bits per heavy atom. The zero-order valence-corrected chi connectivity index (χ0v) is 29.2. The van der Waals surface area contributed by atoms with E-state index in [0.717, 1.165) is 11.3 Å². The van der Waals surface area contributed by atoms with Crippen molar-refractivity contribution in [2.45, 2.75) is 19.6 Å². The highest BCUT2D eigenvalue weighted by molar-refractivity contribution is 14.1. The predicted molar refractivity (Wildman–Crippen MR) is 191 cm³/mol. The molecule has 0 amide bonds. The molecule has 1 aromatic heterocycles. The molecular weight excluding hydrogens is 762 g/mol. The highest BCUT2D eigenvalue weighted by Crippen LogP contribution is 2.36. The highest BCUT2D eigenvalue weighted by Gasteiger charge is 2.35. The number of halogens is 2. The van der Waals surface area contributed by atoms with Gasteiger partial charge in [-0.15, -0.1) is 0 Å². The topological polar surface area (TPSA) is 116 Å². The van der Waals surface area contributed by atoms with Crippen LogP contribution < -0.4 is 24.4 Å². The molecule has 12 heteroatoms. The minimum Gasteiger partial charge on any atom is -0.493 e. The fraction of sp³-hybridized carbons (Fsp3) is 0.135. The number of carbonyl (C=O) groups excluding carboxylic acids is 1. The number of thiazole rings is 1. The Kier molecular flexibility index (Phi) is 10.1. The quantitative estimate of drug-likeness (QED) is 0.137. The van der Waals surface area contributed by atoms with E-state index in [-0.39, 0.29) is 29.9 Å². The van der Waals surface area contributed by atoms with Crippen LogP contribution in [0.5, 0.6) is 11.5 Å². The number of benzene rings is 4. The number of carbonyl (C=O) groups is 2. The summed E-state index contributed by atoms with van der Waals surface area (Å²) in [7, 11) is 1.51. The number of aromatic nitrogens is 1. The first-order valence-electron chi connectivity index (χ1n) is 15.0. The molecule has 1 N–H and O–H groups in total. The minimum absolute atomic E-state index is 0.111. The van der Waals surface area contributed by atoms with Gasteiger partial charge in [-0.2, -0.15) is 0 Å². The van der Waals surface area contributed by atoms with Crippen LogP contribution in [0.4, 0.5) is 4.39 Å². The SMILES string of the molecule is CCOC(=O)C1=C(c2ccccc2)N=c2s/c(=C\c3cc(I)c(OCc4cccc(C(=O)O)c4)c(OC)c3)c(=O)n2[C@@H]1c1ccc(F)cc1. The summed E-state index contributed by atoms with van der Waals surface area (Å²) in [5.41, 5.74) is 2.82. The maximum Gasteiger partial charge on any atom is 0.338 e. The monoisotopic (exact) mass is 790 g/mol.